The van der Waals surface area contributed by atoms with Gasteiger partial charge in [0.25, 0.3) is 0 Å². The Morgan fingerprint density at radius 1 is 1.07 bits per heavy atom. The zero-order valence-corrected chi connectivity index (χ0v) is 7.43. The van der Waals surface area contributed by atoms with Crippen molar-refractivity contribution in [2.24, 2.45) is 0 Å². The van der Waals surface area contributed by atoms with Crippen molar-refractivity contribution >= 4 is 23.9 Å². The second-order valence-corrected chi connectivity index (χ2v) is 2.27. The normalized spacial score (nSPS) is 9.07. The monoisotopic (exact) mass is 220 g/mol. The van der Waals surface area contributed by atoms with E-state index in [0.717, 1.165) is 0 Å². The fourth-order valence-corrected chi connectivity index (χ4v) is 0.504. The van der Waals surface area contributed by atoms with Crippen molar-refractivity contribution < 1.29 is 40.3 Å². The smallest absolute Gasteiger partial charge is 0.550 e. The molecule has 0 amide bonds. The van der Waals surface area contributed by atoms with Gasteiger partial charge in [0, 0.05) is 0 Å². The molecule has 15 heavy (non-hydrogen) atoms. The van der Waals surface area contributed by atoms with Crippen molar-refractivity contribution in [3.8, 4) is 0 Å². The third-order valence-electron chi connectivity index (χ3n) is 1.02. The van der Waals surface area contributed by atoms with E-state index in [0.29, 0.717) is 0 Å². The molecule has 0 unspecified atom stereocenters. The molecule has 0 aromatic rings. The Labute approximate surface area is 84.9 Å². The Hall–Kier alpha value is -2.12. The molecule has 0 aliphatic heterocycles. The fraction of sp³-hybridized carbons (Fsp3) is 0.429. The number of carbonyl (C=O) groups excluding carboxylic acids is 3. The van der Waals surface area contributed by atoms with E-state index in [1.165, 1.54) is 0 Å². The lowest BCUT2D eigenvalue weighted by atomic mass is 10.4. The first-order chi connectivity index (χ1) is 6.91. The number of hydrogen-bond acceptors (Lipinski definition) is 7. The molecule has 0 aromatic heterocycles. The van der Waals surface area contributed by atoms with Gasteiger partial charge in [-0.15, -0.1) is 0 Å². The van der Waals surface area contributed by atoms with Gasteiger partial charge in [0.1, 0.15) is 6.42 Å². The van der Waals surface area contributed by atoms with Crippen LogP contribution in [-0.2, 0) is 28.7 Å². The van der Waals surface area contributed by atoms with Crippen LogP contribution in [0.1, 0.15) is 14.3 Å². The van der Waals surface area contributed by atoms with Crippen LogP contribution in [0.2, 0.25) is 0 Å². The molecule has 0 bridgehead atoms. The average molecular weight is 220 g/mol. The van der Waals surface area contributed by atoms with Crippen LogP contribution < -0.4 is 5.11 Å². The predicted octanol–water partition coefficient (Wildman–Crippen LogP) is -2.24. The summed E-state index contributed by atoms with van der Waals surface area (Å²) < 4.78 is 8.24. The molecule has 0 aliphatic rings. The van der Waals surface area contributed by atoms with E-state index < -0.39 is 43.5 Å². The van der Waals surface area contributed by atoms with E-state index in [4.69, 9.17) is 5.11 Å². The van der Waals surface area contributed by atoms with Crippen LogP contribution in [0.5, 0.6) is 0 Å². The Balaban J connectivity index is 0. The predicted molar refractivity (Wildman–Crippen MR) is 40.0 cm³/mol. The molecule has 0 saturated heterocycles. The molecule has 8 heteroatoms. The van der Waals surface area contributed by atoms with Gasteiger partial charge in [-0.25, -0.2) is 0 Å². The van der Waals surface area contributed by atoms with Gasteiger partial charge in [0.2, 0.25) is 6.79 Å². The number of carbonyl (C=O) groups is 4. The summed E-state index contributed by atoms with van der Waals surface area (Å²) in [6.07, 6.45) is -1.82. The molecule has 8 nitrogen and oxygen atoms in total. The first kappa shape index (κ1) is 12.9. The van der Waals surface area contributed by atoms with E-state index in [9.17, 15) is 24.3 Å². The van der Waals surface area contributed by atoms with Gasteiger partial charge >= 0.3 is 19.3 Å². The molecule has 0 saturated carbocycles. The number of hydrogen-bond donors (Lipinski definition) is 1. The van der Waals surface area contributed by atoms with Crippen LogP contribution in [0, 0.1) is 0 Å². The molecule has 0 atom stereocenters. The molecule has 0 aliphatic carbocycles. The summed E-state index contributed by atoms with van der Waals surface area (Å²) in [5, 5.41) is 18.0. The zero-order chi connectivity index (χ0) is 11.8. The number of esters is 2. The first-order valence-corrected chi connectivity index (χ1v) is 3.64. The number of carboxylic acid groups (broad SMARTS) is 2. The Kier molecular flexibility index (Phi) is 5.45. The summed E-state index contributed by atoms with van der Waals surface area (Å²) in [5.74, 6) is -5.25. The van der Waals surface area contributed by atoms with Crippen LogP contribution in [0.15, 0.2) is 0 Å². The molecule has 0 radical (unpaired) electrons. The van der Waals surface area contributed by atoms with Gasteiger partial charge in [-0.3, -0.25) is 14.4 Å². The zero-order valence-electron chi connectivity index (χ0n) is 8.43. The number of ether oxygens (including phenoxy) is 2. The standard InChI is InChI=1S/C7H8O8/c8-4(9)1-6(12)14-3-15-7(13)2-5(10)11/h1-3H2,(H,8,9)(H,10,11). The summed E-state index contributed by atoms with van der Waals surface area (Å²) in [5.41, 5.74) is 0. The van der Waals surface area contributed by atoms with E-state index in [1.807, 2.05) is 0 Å². The van der Waals surface area contributed by atoms with Gasteiger partial charge < -0.3 is 24.5 Å². The second kappa shape index (κ2) is 6.35. The Morgan fingerprint density at radius 2 is 1.53 bits per heavy atom. The van der Waals surface area contributed by atoms with Crippen molar-refractivity contribution in [2.75, 3.05) is 6.79 Å². The summed E-state index contributed by atoms with van der Waals surface area (Å²) in [6.45, 7) is -0.821. The number of carboxylic acids is 2. The number of aliphatic carboxylic acids is 2. The van der Waals surface area contributed by atoms with E-state index in [2.05, 4.69) is 9.47 Å². The van der Waals surface area contributed by atoms with Crippen LogP contribution in [0.3, 0.4) is 0 Å². The van der Waals surface area contributed by atoms with Crippen LogP contribution >= 0.6 is 0 Å². The van der Waals surface area contributed by atoms with Crippen molar-refractivity contribution in [3.63, 3.8) is 0 Å². The molecule has 0 rings (SSSR count). The molecular weight excluding hydrogens is 212 g/mol. The van der Waals surface area contributed by atoms with Gasteiger partial charge in [-0.05, 0) is 0 Å². The van der Waals surface area contributed by atoms with E-state index in [1.54, 1.807) is 0 Å². The summed E-state index contributed by atoms with van der Waals surface area (Å²) in [4.78, 5) is 40.9. The van der Waals surface area contributed by atoms with E-state index in [-0.39, 0.29) is 1.43 Å². The lowest BCUT2D eigenvalue weighted by Gasteiger charge is -2.05. The highest BCUT2D eigenvalue weighted by atomic mass is 16.7. The topological polar surface area (TPSA) is 130 Å². The molecule has 0 spiro atoms. The van der Waals surface area contributed by atoms with E-state index >= 15 is 0 Å². The molecule has 1 N–H and O–H groups in total. The Morgan fingerprint density at radius 3 is 1.93 bits per heavy atom. The number of rotatable bonds is 6. The van der Waals surface area contributed by atoms with Crippen LogP contribution in [-0.4, -0.2) is 35.8 Å². The average Bonchev–Trinajstić information content (AvgIpc) is 2.00. The quantitative estimate of drug-likeness (QED) is 0.302. The molecule has 0 heterocycles. The first-order valence-electron chi connectivity index (χ1n) is 3.64. The third-order valence-corrected chi connectivity index (χ3v) is 1.02. The lowest BCUT2D eigenvalue weighted by Crippen LogP contribution is -2.26. The maximum Gasteiger partial charge on any atom is 1.00 e. The minimum atomic E-state index is -1.63. The molecule has 84 valence electrons. The van der Waals surface area contributed by atoms with Crippen molar-refractivity contribution in [1.29, 1.82) is 0 Å². The maximum atomic E-state index is 10.5. The Bertz CT molecular complexity index is 258. The summed E-state index contributed by atoms with van der Waals surface area (Å²) in [6, 6.07) is 0. The molecule has 0 fully saturated rings. The van der Waals surface area contributed by atoms with Crippen molar-refractivity contribution in [2.45, 2.75) is 12.8 Å². The SMILES string of the molecule is O=C([O-])CC(=O)OCOC(=O)CC(=O)O.[H+]. The largest absolute Gasteiger partial charge is 1.00 e. The van der Waals surface area contributed by atoms with Crippen molar-refractivity contribution in [1.82, 2.24) is 0 Å². The third kappa shape index (κ3) is 8.22. The highest BCUT2D eigenvalue weighted by molar-refractivity contribution is 5.90. The molecule has 0 aromatic carbocycles. The fourth-order valence-electron chi connectivity index (χ4n) is 0.504. The van der Waals surface area contributed by atoms with Crippen LogP contribution in [0.4, 0.5) is 0 Å². The summed E-state index contributed by atoms with van der Waals surface area (Å²) >= 11 is 0. The van der Waals surface area contributed by atoms with Gasteiger partial charge in [-0.1, -0.05) is 0 Å². The highest BCUT2D eigenvalue weighted by Crippen LogP contribution is 1.90. The minimum absolute atomic E-state index is 0. The second-order valence-electron chi connectivity index (χ2n) is 2.27. The summed E-state index contributed by atoms with van der Waals surface area (Å²) in [7, 11) is 0. The minimum Gasteiger partial charge on any atom is -0.550 e. The van der Waals surface area contributed by atoms with Gasteiger partial charge in [0.15, 0.2) is 0 Å². The maximum absolute atomic E-state index is 10.5. The van der Waals surface area contributed by atoms with Gasteiger partial charge in [-0.2, -0.15) is 0 Å². The molecular formula is C7H8O8. The van der Waals surface area contributed by atoms with Crippen LogP contribution in [0.25, 0.3) is 0 Å². The van der Waals surface area contributed by atoms with Gasteiger partial charge in [0.05, 0.1) is 12.4 Å². The highest BCUT2D eigenvalue weighted by Gasteiger charge is 2.10. The lowest BCUT2D eigenvalue weighted by molar-refractivity contribution is -0.305. The van der Waals surface area contributed by atoms with Crippen molar-refractivity contribution in [3.05, 3.63) is 0 Å².